The quantitative estimate of drug-likeness (QED) is 0.806. The van der Waals surface area contributed by atoms with Gasteiger partial charge >= 0.3 is 0 Å². The summed E-state index contributed by atoms with van der Waals surface area (Å²) in [5.74, 6) is 0.828. The monoisotopic (exact) mass is 239 g/mol. The van der Waals surface area contributed by atoms with Crippen LogP contribution < -0.4 is 4.74 Å². The van der Waals surface area contributed by atoms with Gasteiger partial charge in [0, 0.05) is 11.8 Å². The standard InChI is InChI=1S/C16H17NO/c1-4-15-12(2)10-17-13(3)16(15)18-11-14-8-6-5-7-9-14/h4-10H,1,11H2,2-3H3. The Labute approximate surface area is 108 Å². The Morgan fingerprint density at radius 1 is 1.22 bits per heavy atom. The fourth-order valence-electron chi connectivity index (χ4n) is 1.86. The molecule has 0 spiro atoms. The van der Waals surface area contributed by atoms with E-state index in [9.17, 15) is 0 Å². The van der Waals surface area contributed by atoms with Gasteiger partial charge in [-0.05, 0) is 25.0 Å². The highest BCUT2D eigenvalue weighted by atomic mass is 16.5. The Morgan fingerprint density at radius 2 is 1.94 bits per heavy atom. The minimum absolute atomic E-state index is 0.549. The van der Waals surface area contributed by atoms with E-state index >= 15 is 0 Å². The number of hydrogen-bond acceptors (Lipinski definition) is 2. The predicted molar refractivity (Wildman–Crippen MR) is 74.6 cm³/mol. The maximum absolute atomic E-state index is 5.89. The van der Waals surface area contributed by atoms with Crippen molar-refractivity contribution in [2.24, 2.45) is 0 Å². The number of benzene rings is 1. The lowest BCUT2D eigenvalue weighted by molar-refractivity contribution is 0.301. The van der Waals surface area contributed by atoms with E-state index in [1.807, 2.05) is 56.5 Å². The van der Waals surface area contributed by atoms with Crippen molar-refractivity contribution in [3.8, 4) is 5.75 Å². The van der Waals surface area contributed by atoms with Crippen molar-refractivity contribution in [3.05, 3.63) is 65.5 Å². The van der Waals surface area contributed by atoms with Crippen LogP contribution in [0.15, 0.2) is 43.1 Å². The van der Waals surface area contributed by atoms with Crippen molar-refractivity contribution in [2.75, 3.05) is 0 Å². The Bertz CT molecular complexity index is 547. The van der Waals surface area contributed by atoms with Gasteiger partial charge in [-0.1, -0.05) is 43.0 Å². The molecular formula is C16H17NO. The molecule has 1 aromatic carbocycles. The zero-order valence-corrected chi connectivity index (χ0v) is 10.8. The summed E-state index contributed by atoms with van der Waals surface area (Å²) >= 11 is 0. The SMILES string of the molecule is C=Cc1c(C)cnc(C)c1OCc1ccccc1. The number of ether oxygens (including phenoxy) is 1. The molecule has 0 N–H and O–H groups in total. The fraction of sp³-hybridized carbons (Fsp3) is 0.188. The van der Waals surface area contributed by atoms with Crippen molar-refractivity contribution in [1.82, 2.24) is 4.98 Å². The van der Waals surface area contributed by atoms with Crippen molar-refractivity contribution < 1.29 is 4.74 Å². The van der Waals surface area contributed by atoms with E-state index in [1.165, 1.54) is 0 Å². The molecule has 0 saturated heterocycles. The zero-order valence-electron chi connectivity index (χ0n) is 10.8. The highest BCUT2D eigenvalue weighted by molar-refractivity contribution is 5.60. The molecule has 0 unspecified atom stereocenters. The van der Waals surface area contributed by atoms with E-state index in [-0.39, 0.29) is 0 Å². The topological polar surface area (TPSA) is 22.1 Å². The third-order valence-electron chi connectivity index (χ3n) is 2.88. The number of aryl methyl sites for hydroxylation is 2. The Balaban J connectivity index is 2.24. The molecule has 0 aliphatic rings. The predicted octanol–water partition coefficient (Wildman–Crippen LogP) is 3.92. The minimum Gasteiger partial charge on any atom is -0.486 e. The summed E-state index contributed by atoms with van der Waals surface area (Å²) in [6.45, 7) is 8.35. The van der Waals surface area contributed by atoms with Crippen LogP contribution in [0, 0.1) is 13.8 Å². The molecule has 0 fully saturated rings. The van der Waals surface area contributed by atoms with Gasteiger partial charge in [0.15, 0.2) is 0 Å². The van der Waals surface area contributed by atoms with Crippen LogP contribution in [0.2, 0.25) is 0 Å². The molecule has 1 heterocycles. The van der Waals surface area contributed by atoms with Crippen LogP contribution in [0.25, 0.3) is 6.08 Å². The molecule has 2 heteroatoms. The number of aromatic nitrogens is 1. The van der Waals surface area contributed by atoms with Gasteiger partial charge in [-0.3, -0.25) is 4.98 Å². The van der Waals surface area contributed by atoms with E-state index in [2.05, 4.69) is 11.6 Å². The third-order valence-corrected chi connectivity index (χ3v) is 2.88. The van der Waals surface area contributed by atoms with Crippen LogP contribution in [0.3, 0.4) is 0 Å². The van der Waals surface area contributed by atoms with Crippen LogP contribution in [0.5, 0.6) is 5.75 Å². The van der Waals surface area contributed by atoms with Crippen molar-refractivity contribution in [1.29, 1.82) is 0 Å². The first-order valence-electron chi connectivity index (χ1n) is 5.97. The second-order valence-corrected chi connectivity index (χ2v) is 4.25. The number of nitrogens with zero attached hydrogens (tertiary/aromatic N) is 1. The van der Waals surface area contributed by atoms with Gasteiger partial charge in [0.1, 0.15) is 12.4 Å². The highest BCUT2D eigenvalue weighted by Gasteiger charge is 2.09. The highest BCUT2D eigenvalue weighted by Crippen LogP contribution is 2.26. The van der Waals surface area contributed by atoms with E-state index in [1.54, 1.807) is 0 Å². The Kier molecular flexibility index (Phi) is 3.78. The van der Waals surface area contributed by atoms with Gasteiger partial charge in [0.25, 0.3) is 0 Å². The van der Waals surface area contributed by atoms with Gasteiger partial charge in [0.05, 0.1) is 5.69 Å². The molecule has 0 saturated carbocycles. The smallest absolute Gasteiger partial charge is 0.148 e. The molecular weight excluding hydrogens is 222 g/mol. The minimum atomic E-state index is 0.549. The molecule has 0 amide bonds. The lowest BCUT2D eigenvalue weighted by atomic mass is 10.1. The van der Waals surface area contributed by atoms with Gasteiger partial charge < -0.3 is 4.74 Å². The largest absolute Gasteiger partial charge is 0.486 e. The average Bonchev–Trinajstić information content (AvgIpc) is 2.41. The van der Waals surface area contributed by atoms with Crippen LogP contribution >= 0.6 is 0 Å². The molecule has 2 nitrogen and oxygen atoms in total. The molecule has 92 valence electrons. The maximum Gasteiger partial charge on any atom is 0.148 e. The molecule has 18 heavy (non-hydrogen) atoms. The maximum atomic E-state index is 5.89. The molecule has 0 aliphatic heterocycles. The Hall–Kier alpha value is -2.09. The lowest BCUT2D eigenvalue weighted by Crippen LogP contribution is -2.01. The van der Waals surface area contributed by atoms with Gasteiger partial charge in [-0.25, -0.2) is 0 Å². The van der Waals surface area contributed by atoms with E-state index in [0.717, 1.165) is 28.1 Å². The normalized spacial score (nSPS) is 10.1. The first-order chi connectivity index (χ1) is 8.72. The molecule has 0 radical (unpaired) electrons. The van der Waals surface area contributed by atoms with Gasteiger partial charge in [-0.2, -0.15) is 0 Å². The Morgan fingerprint density at radius 3 is 2.61 bits per heavy atom. The first kappa shape index (κ1) is 12.4. The summed E-state index contributed by atoms with van der Waals surface area (Å²) in [6, 6.07) is 10.1. The molecule has 2 aromatic rings. The molecule has 0 bridgehead atoms. The second-order valence-electron chi connectivity index (χ2n) is 4.25. The van der Waals surface area contributed by atoms with Crippen LogP contribution in [0.4, 0.5) is 0 Å². The van der Waals surface area contributed by atoms with E-state index in [4.69, 9.17) is 4.74 Å². The van der Waals surface area contributed by atoms with Crippen LogP contribution in [-0.2, 0) is 6.61 Å². The molecule has 1 aromatic heterocycles. The van der Waals surface area contributed by atoms with Gasteiger partial charge in [-0.15, -0.1) is 0 Å². The summed E-state index contributed by atoms with van der Waals surface area (Å²) in [5.41, 5.74) is 4.15. The number of pyridine rings is 1. The lowest BCUT2D eigenvalue weighted by Gasteiger charge is -2.13. The fourth-order valence-corrected chi connectivity index (χ4v) is 1.86. The van der Waals surface area contributed by atoms with Crippen LogP contribution in [-0.4, -0.2) is 4.98 Å². The number of hydrogen-bond donors (Lipinski definition) is 0. The van der Waals surface area contributed by atoms with Crippen molar-refractivity contribution >= 4 is 6.08 Å². The van der Waals surface area contributed by atoms with E-state index < -0.39 is 0 Å². The molecule has 0 aliphatic carbocycles. The number of rotatable bonds is 4. The first-order valence-corrected chi connectivity index (χ1v) is 5.97. The second kappa shape index (κ2) is 5.50. The van der Waals surface area contributed by atoms with E-state index in [0.29, 0.717) is 6.61 Å². The zero-order chi connectivity index (χ0) is 13.0. The summed E-state index contributed by atoms with van der Waals surface area (Å²) in [7, 11) is 0. The van der Waals surface area contributed by atoms with Crippen LogP contribution in [0.1, 0.15) is 22.4 Å². The molecule has 2 rings (SSSR count). The summed E-state index contributed by atoms with van der Waals surface area (Å²) < 4.78 is 5.89. The third kappa shape index (κ3) is 2.59. The summed E-state index contributed by atoms with van der Waals surface area (Å²) in [4.78, 5) is 4.33. The summed E-state index contributed by atoms with van der Waals surface area (Å²) in [6.07, 6.45) is 3.67. The molecule has 0 atom stereocenters. The van der Waals surface area contributed by atoms with Crippen molar-refractivity contribution in [3.63, 3.8) is 0 Å². The average molecular weight is 239 g/mol. The van der Waals surface area contributed by atoms with Crippen molar-refractivity contribution in [2.45, 2.75) is 20.5 Å². The summed E-state index contributed by atoms with van der Waals surface area (Å²) in [5, 5.41) is 0. The van der Waals surface area contributed by atoms with Gasteiger partial charge in [0.2, 0.25) is 0 Å².